The summed E-state index contributed by atoms with van der Waals surface area (Å²) in [6, 6.07) is 8.36. The molecule has 0 atom stereocenters. The van der Waals surface area contributed by atoms with Crippen LogP contribution in [0.5, 0.6) is 0 Å². The molecule has 3 aromatic rings. The van der Waals surface area contributed by atoms with Gasteiger partial charge in [-0.2, -0.15) is 0 Å². The van der Waals surface area contributed by atoms with E-state index >= 15 is 0 Å². The molecular weight excluding hydrogens is 374 g/mol. The number of carbonyl (C=O) groups excluding carboxylic acids is 2. The quantitative estimate of drug-likeness (QED) is 0.682. The molecule has 0 aliphatic heterocycles. The summed E-state index contributed by atoms with van der Waals surface area (Å²) in [6.07, 6.45) is 1.33. The van der Waals surface area contributed by atoms with Crippen LogP contribution in [0.15, 0.2) is 46.1 Å². The molecule has 0 spiro atoms. The van der Waals surface area contributed by atoms with Crippen molar-refractivity contribution in [1.82, 2.24) is 24.3 Å². The molecule has 0 radical (unpaired) electrons. The molecule has 1 N–H and O–H groups in total. The molecule has 2 aromatic heterocycles. The van der Waals surface area contributed by atoms with Crippen LogP contribution in [-0.4, -0.2) is 44.9 Å². The van der Waals surface area contributed by atoms with Gasteiger partial charge in [-0.15, -0.1) is 0 Å². The second-order valence-electron chi connectivity index (χ2n) is 6.88. The first-order valence-electron chi connectivity index (χ1n) is 8.85. The maximum Gasteiger partial charge on any atom is 0.332 e. The summed E-state index contributed by atoms with van der Waals surface area (Å²) in [5.41, 5.74) is 0.823. The Bertz CT molecular complexity index is 1220. The van der Waals surface area contributed by atoms with E-state index < -0.39 is 17.2 Å². The highest BCUT2D eigenvalue weighted by Crippen LogP contribution is 2.09. The normalized spacial score (nSPS) is 10.8. The van der Waals surface area contributed by atoms with E-state index in [1.165, 1.54) is 35.8 Å². The van der Waals surface area contributed by atoms with E-state index in [0.29, 0.717) is 5.56 Å². The van der Waals surface area contributed by atoms with Crippen molar-refractivity contribution in [3.8, 4) is 0 Å². The molecule has 9 heteroatoms. The van der Waals surface area contributed by atoms with Gasteiger partial charge in [-0.25, -0.2) is 9.78 Å². The third-order valence-corrected chi connectivity index (χ3v) is 4.62. The third kappa shape index (κ3) is 3.79. The summed E-state index contributed by atoms with van der Waals surface area (Å²) >= 11 is 0. The Morgan fingerprint density at radius 2 is 1.69 bits per heavy atom. The third-order valence-electron chi connectivity index (χ3n) is 4.62. The van der Waals surface area contributed by atoms with Crippen LogP contribution in [0, 0.1) is 0 Å². The second kappa shape index (κ2) is 7.70. The monoisotopic (exact) mass is 395 g/mol. The molecular formula is C20H21N5O4. The summed E-state index contributed by atoms with van der Waals surface area (Å²) in [5.74, 6) is -0.498. The van der Waals surface area contributed by atoms with Crippen molar-refractivity contribution in [2.45, 2.75) is 6.54 Å². The van der Waals surface area contributed by atoms with E-state index in [-0.39, 0.29) is 29.0 Å². The topological polar surface area (TPSA) is 106 Å². The van der Waals surface area contributed by atoms with Gasteiger partial charge < -0.3 is 10.2 Å². The number of rotatable bonds is 4. The molecule has 3 rings (SSSR count). The first-order valence-corrected chi connectivity index (χ1v) is 8.85. The zero-order valence-corrected chi connectivity index (χ0v) is 16.6. The molecule has 0 unspecified atom stereocenters. The highest BCUT2D eigenvalue weighted by atomic mass is 16.2. The highest BCUT2D eigenvalue weighted by Gasteiger charge is 2.14. The molecule has 29 heavy (non-hydrogen) atoms. The minimum atomic E-state index is -0.508. The summed E-state index contributed by atoms with van der Waals surface area (Å²) in [5, 5.41) is 2.95. The van der Waals surface area contributed by atoms with Gasteiger partial charge >= 0.3 is 5.69 Å². The zero-order chi connectivity index (χ0) is 21.3. The lowest BCUT2D eigenvalue weighted by molar-refractivity contribution is 0.0827. The van der Waals surface area contributed by atoms with E-state index in [0.717, 1.165) is 10.1 Å². The van der Waals surface area contributed by atoms with Crippen LogP contribution < -0.4 is 16.6 Å². The molecule has 0 saturated heterocycles. The minimum absolute atomic E-state index is 0.0983. The number of hydrogen-bond acceptors (Lipinski definition) is 5. The highest BCUT2D eigenvalue weighted by molar-refractivity contribution is 5.96. The number of amides is 2. The molecule has 1 aromatic carbocycles. The van der Waals surface area contributed by atoms with Gasteiger partial charge in [0.1, 0.15) is 5.65 Å². The SMILES string of the molecule is CN(C)C(=O)c1ccc(CNC(=O)c2cnc3c(c2)c(=O)n(C)c(=O)n3C)cc1. The number of carbonyl (C=O) groups is 2. The van der Waals surface area contributed by atoms with Gasteiger partial charge in [-0.05, 0) is 23.8 Å². The Labute approximate surface area is 166 Å². The van der Waals surface area contributed by atoms with Crippen LogP contribution in [0.4, 0.5) is 0 Å². The number of nitrogens with zero attached hydrogens (tertiary/aromatic N) is 4. The Hall–Kier alpha value is -3.75. The van der Waals surface area contributed by atoms with Gasteiger partial charge in [0.05, 0.1) is 10.9 Å². The summed E-state index contributed by atoms with van der Waals surface area (Å²) < 4.78 is 2.23. The van der Waals surface area contributed by atoms with Crippen molar-refractivity contribution in [3.63, 3.8) is 0 Å². The summed E-state index contributed by atoms with van der Waals surface area (Å²) in [7, 11) is 6.25. The van der Waals surface area contributed by atoms with Crippen molar-refractivity contribution >= 4 is 22.8 Å². The standard InChI is InChI=1S/C20H21N5O4/c1-23(2)18(27)13-7-5-12(6-8-13)10-22-17(26)14-9-15-16(21-11-14)24(3)20(29)25(4)19(15)28/h5-9,11H,10H2,1-4H3,(H,22,26). The minimum Gasteiger partial charge on any atom is -0.348 e. The summed E-state index contributed by atoms with van der Waals surface area (Å²) in [6.45, 7) is 0.249. The van der Waals surface area contributed by atoms with E-state index in [9.17, 15) is 19.2 Å². The van der Waals surface area contributed by atoms with E-state index in [1.54, 1.807) is 38.4 Å². The first-order chi connectivity index (χ1) is 13.7. The molecule has 0 aliphatic rings. The lowest BCUT2D eigenvalue weighted by atomic mass is 10.1. The molecule has 0 aliphatic carbocycles. The van der Waals surface area contributed by atoms with Gasteiger partial charge in [-0.3, -0.25) is 23.5 Å². The van der Waals surface area contributed by atoms with Crippen LogP contribution in [0.1, 0.15) is 26.3 Å². The van der Waals surface area contributed by atoms with Crippen molar-refractivity contribution in [2.75, 3.05) is 14.1 Å². The van der Waals surface area contributed by atoms with E-state index in [4.69, 9.17) is 0 Å². The number of fused-ring (bicyclic) bond motifs is 1. The molecule has 9 nitrogen and oxygen atoms in total. The fourth-order valence-corrected chi connectivity index (χ4v) is 2.90. The van der Waals surface area contributed by atoms with Gasteiger partial charge in [0, 0.05) is 46.5 Å². The van der Waals surface area contributed by atoms with Crippen LogP contribution in [0.3, 0.4) is 0 Å². The van der Waals surface area contributed by atoms with Crippen LogP contribution in [-0.2, 0) is 20.6 Å². The molecule has 0 bridgehead atoms. The Balaban J connectivity index is 1.79. The fraction of sp³-hybridized carbons (Fsp3) is 0.250. The molecule has 2 heterocycles. The Kier molecular flexibility index (Phi) is 5.31. The van der Waals surface area contributed by atoms with Crippen molar-refractivity contribution < 1.29 is 9.59 Å². The zero-order valence-electron chi connectivity index (χ0n) is 16.6. The number of hydrogen-bond donors (Lipinski definition) is 1. The number of benzene rings is 1. The number of aromatic nitrogens is 3. The maximum absolute atomic E-state index is 12.5. The largest absolute Gasteiger partial charge is 0.348 e. The second-order valence-corrected chi connectivity index (χ2v) is 6.88. The Morgan fingerprint density at radius 1 is 1.03 bits per heavy atom. The van der Waals surface area contributed by atoms with Crippen molar-refractivity contribution in [2.24, 2.45) is 14.1 Å². The fourth-order valence-electron chi connectivity index (χ4n) is 2.90. The van der Waals surface area contributed by atoms with Crippen molar-refractivity contribution in [1.29, 1.82) is 0 Å². The molecule has 150 valence electrons. The van der Waals surface area contributed by atoms with Crippen LogP contribution in [0.25, 0.3) is 11.0 Å². The summed E-state index contributed by atoms with van der Waals surface area (Å²) in [4.78, 5) is 54.3. The Morgan fingerprint density at radius 3 is 2.31 bits per heavy atom. The molecule has 0 fully saturated rings. The average molecular weight is 395 g/mol. The molecule has 2 amide bonds. The lowest BCUT2D eigenvalue weighted by Crippen LogP contribution is -2.37. The van der Waals surface area contributed by atoms with Gasteiger partial charge in [0.25, 0.3) is 17.4 Å². The predicted molar refractivity (Wildman–Crippen MR) is 108 cm³/mol. The predicted octanol–water partition coefficient (Wildman–Crippen LogP) is 0.264. The lowest BCUT2D eigenvalue weighted by Gasteiger charge is -2.11. The van der Waals surface area contributed by atoms with Crippen LogP contribution >= 0.6 is 0 Å². The first kappa shape index (κ1) is 20.0. The van der Waals surface area contributed by atoms with E-state index in [1.807, 2.05) is 0 Å². The smallest absolute Gasteiger partial charge is 0.332 e. The number of nitrogens with one attached hydrogen (secondary N) is 1. The van der Waals surface area contributed by atoms with Gasteiger partial charge in [-0.1, -0.05) is 12.1 Å². The maximum atomic E-state index is 12.5. The number of pyridine rings is 1. The van der Waals surface area contributed by atoms with Crippen LogP contribution in [0.2, 0.25) is 0 Å². The molecule has 0 saturated carbocycles. The van der Waals surface area contributed by atoms with E-state index in [2.05, 4.69) is 10.3 Å². The number of aryl methyl sites for hydroxylation is 1. The van der Waals surface area contributed by atoms with Gasteiger partial charge in [0.15, 0.2) is 0 Å². The van der Waals surface area contributed by atoms with Gasteiger partial charge in [0.2, 0.25) is 0 Å². The van der Waals surface area contributed by atoms with Crippen molar-refractivity contribution in [3.05, 3.63) is 74.1 Å². The average Bonchev–Trinajstić information content (AvgIpc) is 2.73.